The summed E-state index contributed by atoms with van der Waals surface area (Å²) in [5.74, 6) is 0.559. The molecule has 6 nitrogen and oxygen atoms in total. The molecule has 0 saturated carbocycles. The van der Waals surface area contributed by atoms with Gasteiger partial charge in [0, 0.05) is 12.7 Å². The number of para-hydroxylation sites is 1. The summed E-state index contributed by atoms with van der Waals surface area (Å²) < 4.78 is 20.8. The van der Waals surface area contributed by atoms with Crippen LogP contribution in [0.3, 0.4) is 0 Å². The molecule has 2 aromatic carbocycles. The highest BCUT2D eigenvalue weighted by atomic mass is 35.5. The van der Waals surface area contributed by atoms with E-state index < -0.39 is 11.9 Å². The predicted octanol–water partition coefficient (Wildman–Crippen LogP) is 5.10. The first-order chi connectivity index (χ1) is 14.3. The highest BCUT2D eigenvalue weighted by Crippen LogP contribution is 2.30. The van der Waals surface area contributed by atoms with E-state index in [2.05, 4.69) is 15.5 Å². The van der Waals surface area contributed by atoms with Crippen LogP contribution >= 0.6 is 23.4 Å². The number of thioether (sulfide) groups is 1. The topological polar surface area (TPSA) is 69.0 Å². The lowest BCUT2D eigenvalue weighted by molar-refractivity contribution is -0.113. The Bertz CT molecular complexity index is 1050. The average Bonchev–Trinajstić information content (AvgIpc) is 3.06. The molecule has 0 spiro atoms. The first kappa shape index (κ1) is 22.1. The van der Waals surface area contributed by atoms with Crippen LogP contribution in [0.25, 0.3) is 0 Å². The van der Waals surface area contributed by atoms with Crippen molar-refractivity contribution in [3.8, 4) is 5.75 Å². The van der Waals surface area contributed by atoms with Crippen LogP contribution in [0.15, 0.2) is 41.6 Å². The number of hydrogen-bond acceptors (Lipinski definition) is 5. The third-order valence-corrected chi connectivity index (χ3v) is 5.82. The van der Waals surface area contributed by atoms with Gasteiger partial charge in [-0.05, 0) is 50.1 Å². The van der Waals surface area contributed by atoms with Crippen LogP contribution < -0.4 is 10.1 Å². The van der Waals surface area contributed by atoms with Gasteiger partial charge < -0.3 is 14.6 Å². The van der Waals surface area contributed by atoms with E-state index in [0.717, 1.165) is 16.8 Å². The maximum absolute atomic E-state index is 13.2. The van der Waals surface area contributed by atoms with Crippen LogP contribution in [0.1, 0.15) is 30.0 Å². The molecule has 0 aliphatic heterocycles. The van der Waals surface area contributed by atoms with Crippen LogP contribution in [0.5, 0.6) is 5.75 Å². The van der Waals surface area contributed by atoms with Crippen molar-refractivity contribution >= 4 is 35.0 Å². The Kier molecular flexibility index (Phi) is 6.99. The summed E-state index contributed by atoms with van der Waals surface area (Å²) in [4.78, 5) is 12.4. The quantitative estimate of drug-likeness (QED) is 0.509. The summed E-state index contributed by atoms with van der Waals surface area (Å²) in [7, 11) is 1.80. The molecule has 0 fully saturated rings. The molecule has 1 atom stereocenters. The van der Waals surface area contributed by atoms with E-state index in [1.54, 1.807) is 18.5 Å². The van der Waals surface area contributed by atoms with Crippen LogP contribution in [0.2, 0.25) is 5.02 Å². The van der Waals surface area contributed by atoms with Gasteiger partial charge in [0.05, 0.1) is 10.8 Å². The molecule has 158 valence electrons. The van der Waals surface area contributed by atoms with Crippen molar-refractivity contribution in [3.05, 3.63) is 64.2 Å². The molecule has 1 N–H and O–H groups in total. The highest BCUT2D eigenvalue weighted by Gasteiger charge is 2.19. The first-order valence-electron chi connectivity index (χ1n) is 9.26. The van der Waals surface area contributed by atoms with Crippen molar-refractivity contribution in [2.45, 2.75) is 32.0 Å². The SMILES string of the molecule is Cc1cccc(C)c1NC(=O)CSc1nnc(C(C)Oc2ccc(F)cc2Cl)n1C. The molecule has 30 heavy (non-hydrogen) atoms. The summed E-state index contributed by atoms with van der Waals surface area (Å²) in [6.45, 7) is 5.71. The van der Waals surface area contributed by atoms with Gasteiger partial charge in [0.15, 0.2) is 17.1 Å². The highest BCUT2D eigenvalue weighted by molar-refractivity contribution is 7.99. The minimum atomic E-state index is -0.469. The molecule has 0 bridgehead atoms. The first-order valence-corrected chi connectivity index (χ1v) is 10.6. The Morgan fingerprint density at radius 1 is 1.27 bits per heavy atom. The lowest BCUT2D eigenvalue weighted by atomic mass is 10.1. The lowest BCUT2D eigenvalue weighted by Crippen LogP contribution is -2.16. The molecule has 0 aliphatic rings. The maximum atomic E-state index is 13.2. The van der Waals surface area contributed by atoms with Gasteiger partial charge in [-0.3, -0.25) is 4.79 Å². The van der Waals surface area contributed by atoms with Crippen molar-refractivity contribution in [1.29, 1.82) is 0 Å². The third kappa shape index (κ3) is 5.12. The maximum Gasteiger partial charge on any atom is 0.234 e. The van der Waals surface area contributed by atoms with Crippen LogP contribution in [0.4, 0.5) is 10.1 Å². The second-order valence-corrected chi connectivity index (χ2v) is 8.19. The van der Waals surface area contributed by atoms with E-state index >= 15 is 0 Å². The molecule has 9 heteroatoms. The van der Waals surface area contributed by atoms with Gasteiger partial charge in [-0.1, -0.05) is 41.6 Å². The van der Waals surface area contributed by atoms with Gasteiger partial charge in [0.2, 0.25) is 5.91 Å². The molecule has 1 heterocycles. The van der Waals surface area contributed by atoms with Gasteiger partial charge in [0.1, 0.15) is 11.6 Å². The van der Waals surface area contributed by atoms with Crippen LogP contribution in [0, 0.1) is 19.7 Å². The molecule has 1 amide bonds. The lowest BCUT2D eigenvalue weighted by Gasteiger charge is -2.15. The molecule has 1 unspecified atom stereocenters. The molecule has 0 aliphatic carbocycles. The summed E-state index contributed by atoms with van der Waals surface area (Å²) in [5.41, 5.74) is 2.86. The van der Waals surface area contributed by atoms with Crippen molar-refractivity contribution in [2.24, 2.45) is 7.05 Å². The Labute approximate surface area is 183 Å². The molecule has 0 radical (unpaired) electrons. The normalized spacial score (nSPS) is 11.9. The molecular weight excluding hydrogens is 427 g/mol. The number of aryl methyl sites for hydroxylation is 2. The standard InChI is InChI=1S/C21H22ClFN4O2S/c1-12-6-5-7-13(2)19(12)24-18(28)11-30-21-26-25-20(27(21)4)14(3)29-17-9-8-15(23)10-16(17)22/h5-10,14H,11H2,1-4H3,(H,24,28). The summed E-state index contributed by atoms with van der Waals surface area (Å²) in [5, 5.41) is 12.0. The summed E-state index contributed by atoms with van der Waals surface area (Å²) >= 11 is 7.30. The monoisotopic (exact) mass is 448 g/mol. The number of hydrogen-bond donors (Lipinski definition) is 1. The Hall–Kier alpha value is -2.58. The number of carbonyl (C=O) groups is 1. The fraction of sp³-hybridized carbons (Fsp3) is 0.286. The zero-order valence-corrected chi connectivity index (χ0v) is 18.6. The van der Waals surface area contributed by atoms with Gasteiger partial charge >= 0.3 is 0 Å². The fourth-order valence-electron chi connectivity index (χ4n) is 2.94. The number of carbonyl (C=O) groups excluding carboxylic acids is 1. The third-order valence-electron chi connectivity index (χ3n) is 4.51. The molecule has 3 aromatic rings. The Morgan fingerprint density at radius 2 is 1.97 bits per heavy atom. The molecule has 3 rings (SSSR count). The fourth-order valence-corrected chi connectivity index (χ4v) is 3.87. The molecular formula is C21H22ClFN4O2S. The predicted molar refractivity (Wildman–Crippen MR) is 117 cm³/mol. The van der Waals surface area contributed by atoms with E-state index in [4.69, 9.17) is 16.3 Å². The van der Waals surface area contributed by atoms with Crippen molar-refractivity contribution in [2.75, 3.05) is 11.1 Å². The number of amides is 1. The second-order valence-electron chi connectivity index (χ2n) is 6.84. The van der Waals surface area contributed by atoms with Gasteiger partial charge in [-0.25, -0.2) is 4.39 Å². The Morgan fingerprint density at radius 3 is 2.63 bits per heavy atom. The van der Waals surface area contributed by atoms with Gasteiger partial charge in [-0.2, -0.15) is 0 Å². The van der Waals surface area contributed by atoms with E-state index in [1.165, 1.54) is 30.0 Å². The minimum absolute atomic E-state index is 0.121. The zero-order valence-electron chi connectivity index (χ0n) is 17.1. The Balaban J connectivity index is 1.63. The zero-order chi connectivity index (χ0) is 21.8. The van der Waals surface area contributed by atoms with E-state index in [9.17, 15) is 9.18 Å². The van der Waals surface area contributed by atoms with Crippen molar-refractivity contribution in [3.63, 3.8) is 0 Å². The van der Waals surface area contributed by atoms with E-state index in [-0.39, 0.29) is 16.7 Å². The average molecular weight is 449 g/mol. The number of ether oxygens (including phenoxy) is 1. The number of halogens is 2. The number of nitrogens with zero attached hydrogens (tertiary/aromatic N) is 3. The second kappa shape index (κ2) is 9.49. The summed E-state index contributed by atoms with van der Waals surface area (Å²) in [6, 6.07) is 9.81. The molecule has 1 aromatic heterocycles. The smallest absolute Gasteiger partial charge is 0.234 e. The van der Waals surface area contributed by atoms with Gasteiger partial charge in [0.25, 0.3) is 0 Å². The summed E-state index contributed by atoms with van der Waals surface area (Å²) in [6.07, 6.45) is -0.469. The van der Waals surface area contributed by atoms with Crippen LogP contribution in [-0.2, 0) is 11.8 Å². The van der Waals surface area contributed by atoms with Crippen molar-refractivity contribution < 1.29 is 13.9 Å². The minimum Gasteiger partial charge on any atom is -0.481 e. The van der Waals surface area contributed by atoms with E-state index in [0.29, 0.717) is 16.7 Å². The number of nitrogens with one attached hydrogen (secondary N) is 1. The number of anilines is 1. The largest absolute Gasteiger partial charge is 0.481 e. The van der Waals surface area contributed by atoms with Crippen molar-refractivity contribution in [1.82, 2.24) is 14.8 Å². The number of aromatic nitrogens is 3. The number of rotatable bonds is 7. The van der Waals surface area contributed by atoms with Crippen LogP contribution in [-0.4, -0.2) is 26.4 Å². The number of benzene rings is 2. The van der Waals surface area contributed by atoms with E-state index in [1.807, 2.05) is 32.0 Å². The van der Waals surface area contributed by atoms with Gasteiger partial charge in [-0.15, -0.1) is 10.2 Å². The molecule has 0 saturated heterocycles.